The average Bonchev–Trinajstić information content (AvgIpc) is 3.54. The maximum atomic E-state index is 13.6. The van der Waals surface area contributed by atoms with Crippen LogP contribution in [0.25, 0.3) is 0 Å². The topological polar surface area (TPSA) is 284 Å². The summed E-state index contributed by atoms with van der Waals surface area (Å²) in [5.41, 5.74) is -0.112. The Kier molecular flexibility index (Phi) is 16.0. The number of aliphatic hydroxyl groups excluding tert-OH is 9. The van der Waals surface area contributed by atoms with E-state index in [9.17, 15) is 55.5 Å². The van der Waals surface area contributed by atoms with E-state index in [0.717, 1.165) is 38.5 Å². The second-order valence-corrected chi connectivity index (χ2v) is 21.2. The molecule has 25 atom stereocenters. The van der Waals surface area contributed by atoms with E-state index >= 15 is 0 Å². The van der Waals surface area contributed by atoms with Crippen LogP contribution < -0.4 is 5.32 Å². The van der Waals surface area contributed by atoms with Crippen LogP contribution in [0.15, 0.2) is 0 Å². The van der Waals surface area contributed by atoms with Gasteiger partial charge in [0.05, 0.1) is 31.5 Å². The third-order valence-electron chi connectivity index (χ3n) is 17.3. The lowest BCUT2D eigenvalue weighted by atomic mass is 9.44. The maximum Gasteiger partial charge on any atom is 0.216 e. The summed E-state index contributed by atoms with van der Waals surface area (Å²) in [7, 11) is 0. The molecule has 0 aromatic carbocycles. The molecule has 3 aliphatic heterocycles. The molecular formula is C46H77NO17. The molecule has 0 aromatic rings. The van der Waals surface area contributed by atoms with Crippen LogP contribution in [-0.2, 0) is 38.0 Å². The second-order valence-electron chi connectivity index (χ2n) is 21.2. The van der Waals surface area contributed by atoms with Gasteiger partial charge in [0, 0.05) is 25.8 Å². The van der Waals surface area contributed by atoms with Crippen molar-refractivity contribution in [3.8, 4) is 0 Å². The number of ether oxygens (including phenoxy) is 6. The fourth-order valence-corrected chi connectivity index (χ4v) is 13.5. The highest BCUT2D eigenvalue weighted by atomic mass is 16.8. The molecule has 0 unspecified atom stereocenters. The van der Waals surface area contributed by atoms with E-state index in [0.29, 0.717) is 55.9 Å². The fraction of sp³-hybridized carbons (Fsp3) is 0.957. The lowest BCUT2D eigenvalue weighted by molar-refractivity contribution is -0.383. The van der Waals surface area contributed by atoms with Gasteiger partial charge in [-0.25, -0.2) is 0 Å². The second kappa shape index (κ2) is 20.2. The molecule has 4 aliphatic carbocycles. The summed E-state index contributed by atoms with van der Waals surface area (Å²) >= 11 is 0. The summed E-state index contributed by atoms with van der Waals surface area (Å²) in [4.78, 5) is 25.0. The van der Waals surface area contributed by atoms with Crippen molar-refractivity contribution < 1.29 is 84.0 Å². The van der Waals surface area contributed by atoms with E-state index in [2.05, 4.69) is 19.2 Å². The summed E-state index contributed by atoms with van der Waals surface area (Å²) in [6, 6.07) is 0. The van der Waals surface area contributed by atoms with Crippen molar-refractivity contribution in [2.24, 2.45) is 52.3 Å². The van der Waals surface area contributed by atoms with E-state index in [1.807, 2.05) is 13.8 Å². The van der Waals surface area contributed by atoms with Crippen molar-refractivity contribution in [1.82, 2.24) is 5.32 Å². The number of nitrogens with one attached hydrogen (secondary N) is 1. The van der Waals surface area contributed by atoms with Gasteiger partial charge in [-0.05, 0) is 111 Å². The average molecular weight is 916 g/mol. The van der Waals surface area contributed by atoms with Crippen LogP contribution in [0.2, 0.25) is 0 Å². The fourth-order valence-electron chi connectivity index (χ4n) is 13.5. The zero-order valence-electron chi connectivity index (χ0n) is 38.3. The maximum absolute atomic E-state index is 13.6. The van der Waals surface area contributed by atoms with E-state index in [1.165, 1.54) is 13.8 Å². The summed E-state index contributed by atoms with van der Waals surface area (Å²) in [6.45, 7) is 11.2. The number of ketones is 1. The van der Waals surface area contributed by atoms with Crippen molar-refractivity contribution in [1.29, 1.82) is 0 Å². The van der Waals surface area contributed by atoms with Gasteiger partial charge in [-0.1, -0.05) is 27.7 Å². The van der Waals surface area contributed by atoms with E-state index in [4.69, 9.17) is 28.4 Å². The Balaban J connectivity index is 0.954. The molecule has 7 aliphatic rings. The first-order chi connectivity index (χ1) is 30.2. The number of amides is 1. The zero-order valence-corrected chi connectivity index (χ0v) is 38.3. The van der Waals surface area contributed by atoms with Gasteiger partial charge < -0.3 is 79.7 Å². The van der Waals surface area contributed by atoms with Crippen molar-refractivity contribution in [3.05, 3.63) is 0 Å². The van der Waals surface area contributed by atoms with Gasteiger partial charge in [-0.3, -0.25) is 9.59 Å². The number of aliphatic hydroxyl groups is 9. The molecule has 7 rings (SSSR count). The van der Waals surface area contributed by atoms with Gasteiger partial charge in [0.1, 0.15) is 66.8 Å². The van der Waals surface area contributed by atoms with Crippen molar-refractivity contribution in [2.45, 2.75) is 204 Å². The van der Waals surface area contributed by atoms with Crippen LogP contribution in [0.1, 0.15) is 106 Å². The van der Waals surface area contributed by atoms with Crippen LogP contribution >= 0.6 is 0 Å². The number of Topliss-reactive ketones (excluding diaryl/α,β-unsaturated/α-hetero) is 1. The third-order valence-corrected chi connectivity index (χ3v) is 17.3. The minimum Gasteiger partial charge on any atom is -0.394 e. The Morgan fingerprint density at radius 2 is 1.41 bits per heavy atom. The molecule has 1 amide bonds. The molecule has 18 heteroatoms. The van der Waals surface area contributed by atoms with Gasteiger partial charge in [0.2, 0.25) is 5.91 Å². The lowest BCUT2D eigenvalue weighted by Crippen LogP contribution is -2.66. The number of carbonyl (C=O) groups is 2. The number of hydrogen-bond donors (Lipinski definition) is 10. The molecule has 4 saturated carbocycles. The quantitative estimate of drug-likeness (QED) is 0.102. The van der Waals surface area contributed by atoms with Crippen molar-refractivity contribution in [3.63, 3.8) is 0 Å². The van der Waals surface area contributed by atoms with Crippen LogP contribution in [-0.4, -0.2) is 176 Å². The van der Waals surface area contributed by atoms with Gasteiger partial charge in [0.25, 0.3) is 0 Å². The molecule has 0 spiro atoms. The van der Waals surface area contributed by atoms with Crippen LogP contribution in [0.3, 0.4) is 0 Å². The Bertz CT molecular complexity index is 1590. The zero-order chi connectivity index (χ0) is 46.6. The summed E-state index contributed by atoms with van der Waals surface area (Å²) in [6.07, 6.45) is -13.6. The summed E-state index contributed by atoms with van der Waals surface area (Å²) < 4.78 is 35.5. The first-order valence-electron chi connectivity index (χ1n) is 23.9. The highest BCUT2D eigenvalue weighted by Gasteiger charge is 2.64. The Labute approximate surface area is 376 Å². The smallest absolute Gasteiger partial charge is 0.216 e. The molecular weight excluding hydrogens is 838 g/mol. The molecule has 64 heavy (non-hydrogen) atoms. The van der Waals surface area contributed by atoms with Gasteiger partial charge in [-0.15, -0.1) is 0 Å². The molecule has 3 heterocycles. The normalized spacial score (nSPS) is 50.4. The van der Waals surface area contributed by atoms with E-state index in [-0.39, 0.29) is 46.4 Å². The van der Waals surface area contributed by atoms with Crippen LogP contribution in [0.5, 0.6) is 0 Å². The lowest BCUT2D eigenvalue weighted by Gasteiger charge is -2.61. The SMILES string of the molecule is CC(=O)NC[C@@H](C)CCC(=O)[C@@H](C)[C@H]1[C@H](O)C[C@H]2[C@@H]3CC[C@H]4C[C@@H](O[C@@H]5O[C@H](CO)[C@@H](O[C@@H]6O[C@@H](C)[C@H](O)[C@@H](O)[C@H]6O[C@@H]6OC[C@@H](O)[C@H](O)[C@H]6O)[C@@H](O)[C@H]5O)CC[C@]4(C)[C@H]3CC[C@]12C. The van der Waals surface area contributed by atoms with E-state index < -0.39 is 105 Å². The van der Waals surface area contributed by atoms with Crippen LogP contribution in [0.4, 0.5) is 0 Å². The summed E-state index contributed by atoms with van der Waals surface area (Å²) in [5, 5.41) is 100. The van der Waals surface area contributed by atoms with Gasteiger partial charge in [0.15, 0.2) is 18.9 Å². The molecule has 18 nitrogen and oxygen atoms in total. The molecule has 0 aromatic heterocycles. The predicted molar refractivity (Wildman–Crippen MR) is 224 cm³/mol. The predicted octanol–water partition coefficient (Wildman–Crippen LogP) is -0.126. The van der Waals surface area contributed by atoms with E-state index in [1.54, 1.807) is 0 Å². The molecule has 368 valence electrons. The minimum atomic E-state index is -1.73. The van der Waals surface area contributed by atoms with Crippen molar-refractivity contribution >= 4 is 11.7 Å². The minimum absolute atomic E-state index is 0.0290. The Morgan fingerprint density at radius 1 is 0.734 bits per heavy atom. The largest absolute Gasteiger partial charge is 0.394 e. The third kappa shape index (κ3) is 9.73. The Hall–Kier alpha value is -1.46. The Morgan fingerprint density at radius 3 is 2.11 bits per heavy atom. The van der Waals surface area contributed by atoms with Gasteiger partial charge >= 0.3 is 0 Å². The number of hydrogen-bond acceptors (Lipinski definition) is 17. The number of carbonyl (C=O) groups excluding carboxylic acids is 2. The molecule has 3 saturated heterocycles. The molecule has 10 N–H and O–H groups in total. The number of rotatable bonds is 14. The highest BCUT2D eigenvalue weighted by Crippen LogP contribution is 2.68. The van der Waals surface area contributed by atoms with Crippen LogP contribution in [0, 0.1) is 52.3 Å². The molecule has 0 bridgehead atoms. The standard InChI is InChI=1S/C46H77NO17/c1-20(17-47-23(4)49)7-10-29(50)21(2)33-30(51)16-28-26-9-8-24-15-25(11-13-45(24,5)27(26)12-14-46(28,33)6)61-43-39(58)37(56)40(32(18-48)62-43)63-44-41(36(55)34(53)22(3)60-44)64-42-38(57)35(54)31(52)19-59-42/h20-22,24-28,30-44,48,51-58H,7-19H2,1-6H3,(H,47,49)/t20-,21+,22-,24-,25-,26+,27-,28-,30+,31+,32+,33-,34-,35-,36+,37-,38+,39+,40+,41+,42-,43+,44-,45-,46-/m0/s1. The molecule has 0 radical (unpaired) electrons. The molecule has 7 fully saturated rings. The summed E-state index contributed by atoms with van der Waals surface area (Å²) in [5.74, 6) is 1.48. The first-order valence-corrected chi connectivity index (χ1v) is 23.9. The monoisotopic (exact) mass is 916 g/mol. The number of fused-ring (bicyclic) bond motifs is 5. The van der Waals surface area contributed by atoms with Crippen molar-refractivity contribution in [2.75, 3.05) is 19.8 Å². The van der Waals surface area contributed by atoms with Gasteiger partial charge in [-0.2, -0.15) is 0 Å². The first kappa shape index (κ1) is 50.4. The highest BCUT2D eigenvalue weighted by molar-refractivity contribution is 5.81.